The van der Waals surface area contributed by atoms with Crippen LogP contribution >= 0.6 is 11.6 Å². The maximum Gasteiger partial charge on any atom is 0.0427 e. The minimum Gasteiger partial charge on any atom is -0.369 e. The van der Waals surface area contributed by atoms with Crippen molar-refractivity contribution in [3.05, 3.63) is 28.8 Å². The molecule has 0 bridgehead atoms. The van der Waals surface area contributed by atoms with Crippen LogP contribution in [-0.2, 0) is 6.54 Å². The number of nitrogens with one attached hydrogen (secondary N) is 1. The fourth-order valence-corrected chi connectivity index (χ4v) is 2.94. The number of hydrogen-bond donors (Lipinski definition) is 1. The van der Waals surface area contributed by atoms with Gasteiger partial charge in [-0.25, -0.2) is 0 Å². The summed E-state index contributed by atoms with van der Waals surface area (Å²) in [6.45, 7) is 12.0. The third kappa shape index (κ3) is 4.11. The molecule has 0 unspecified atom stereocenters. The van der Waals surface area contributed by atoms with Gasteiger partial charge < -0.3 is 10.2 Å². The predicted octanol–water partition coefficient (Wildman–Crippen LogP) is 2.98. The first-order chi connectivity index (χ1) is 9.74. The minimum absolute atomic E-state index is 0.830. The molecule has 1 aliphatic heterocycles. The van der Waals surface area contributed by atoms with Crippen LogP contribution in [0.5, 0.6) is 0 Å². The second-order valence-corrected chi connectivity index (χ2v) is 5.82. The lowest BCUT2D eigenvalue weighted by Crippen LogP contribution is -2.46. The van der Waals surface area contributed by atoms with Gasteiger partial charge in [0.1, 0.15) is 0 Å². The smallest absolute Gasteiger partial charge is 0.0427 e. The van der Waals surface area contributed by atoms with Gasteiger partial charge >= 0.3 is 0 Å². The number of anilines is 1. The third-order valence-corrected chi connectivity index (χ3v) is 4.10. The molecule has 3 nitrogen and oxygen atoms in total. The first kappa shape index (κ1) is 15.6. The summed E-state index contributed by atoms with van der Waals surface area (Å²) < 4.78 is 0. The van der Waals surface area contributed by atoms with E-state index in [0.29, 0.717) is 0 Å². The first-order valence-corrected chi connectivity index (χ1v) is 8.08. The van der Waals surface area contributed by atoms with E-state index in [0.717, 1.165) is 44.3 Å². The molecule has 20 heavy (non-hydrogen) atoms. The summed E-state index contributed by atoms with van der Waals surface area (Å²) in [4.78, 5) is 5.02. The van der Waals surface area contributed by atoms with Gasteiger partial charge in [-0.05, 0) is 37.2 Å². The molecule has 1 aromatic rings. The van der Waals surface area contributed by atoms with Gasteiger partial charge in [-0.2, -0.15) is 0 Å². The second-order valence-electron chi connectivity index (χ2n) is 5.38. The number of piperazine rings is 1. The average Bonchev–Trinajstić information content (AvgIpc) is 2.47. The summed E-state index contributed by atoms with van der Waals surface area (Å²) in [5, 5.41) is 4.24. The molecule has 4 heteroatoms. The van der Waals surface area contributed by atoms with Crippen LogP contribution in [0, 0.1) is 0 Å². The Labute approximate surface area is 127 Å². The summed E-state index contributed by atoms with van der Waals surface area (Å²) in [6.07, 6.45) is 1.24. The molecular formula is C16H26ClN3. The lowest BCUT2D eigenvalue weighted by Gasteiger charge is -2.37. The van der Waals surface area contributed by atoms with Crippen LogP contribution in [0.15, 0.2) is 18.2 Å². The highest BCUT2D eigenvalue weighted by atomic mass is 35.5. The zero-order valence-electron chi connectivity index (χ0n) is 12.7. The Balaban J connectivity index is 2.05. The second kappa shape index (κ2) is 7.87. The van der Waals surface area contributed by atoms with E-state index in [-0.39, 0.29) is 0 Å². The summed E-state index contributed by atoms with van der Waals surface area (Å²) in [6, 6.07) is 6.26. The van der Waals surface area contributed by atoms with Crippen molar-refractivity contribution in [2.24, 2.45) is 0 Å². The van der Waals surface area contributed by atoms with Crippen molar-refractivity contribution >= 4 is 17.3 Å². The normalized spacial score (nSPS) is 16.6. The Hall–Kier alpha value is -0.770. The fraction of sp³-hybridized carbons (Fsp3) is 0.625. The van der Waals surface area contributed by atoms with Crippen molar-refractivity contribution in [1.29, 1.82) is 0 Å². The molecule has 2 rings (SSSR count). The molecule has 0 saturated carbocycles. The summed E-state index contributed by atoms with van der Waals surface area (Å²) in [5.41, 5.74) is 2.65. The number of hydrogen-bond acceptors (Lipinski definition) is 3. The molecule has 0 aromatic heterocycles. The van der Waals surface area contributed by atoms with Crippen molar-refractivity contribution in [3.8, 4) is 0 Å². The summed E-state index contributed by atoms with van der Waals surface area (Å²) in [5.74, 6) is 0. The average molecular weight is 296 g/mol. The molecule has 0 spiro atoms. The highest BCUT2D eigenvalue weighted by Gasteiger charge is 2.18. The van der Waals surface area contributed by atoms with E-state index >= 15 is 0 Å². The first-order valence-electron chi connectivity index (χ1n) is 7.71. The molecule has 1 saturated heterocycles. The van der Waals surface area contributed by atoms with Crippen LogP contribution in [-0.4, -0.2) is 44.2 Å². The molecule has 0 aliphatic carbocycles. The van der Waals surface area contributed by atoms with Crippen LogP contribution in [0.2, 0.25) is 5.02 Å². The fourth-order valence-electron chi connectivity index (χ4n) is 2.77. The number of nitrogens with zero attached hydrogens (tertiary/aromatic N) is 2. The van der Waals surface area contributed by atoms with Gasteiger partial charge in [0.05, 0.1) is 0 Å². The molecular weight excluding hydrogens is 270 g/mol. The summed E-state index contributed by atoms with van der Waals surface area (Å²) in [7, 11) is 0. The van der Waals surface area contributed by atoms with Gasteiger partial charge in [0.25, 0.3) is 0 Å². The lowest BCUT2D eigenvalue weighted by molar-refractivity contribution is 0.258. The van der Waals surface area contributed by atoms with Crippen LogP contribution in [0.1, 0.15) is 25.8 Å². The van der Waals surface area contributed by atoms with E-state index < -0.39 is 0 Å². The SMILES string of the molecule is CCCN1CCN(c2cc(Cl)ccc2CNCC)CC1. The molecule has 112 valence electrons. The largest absolute Gasteiger partial charge is 0.369 e. The Kier molecular flexibility index (Phi) is 6.14. The summed E-state index contributed by atoms with van der Waals surface area (Å²) >= 11 is 6.19. The zero-order chi connectivity index (χ0) is 14.4. The van der Waals surface area contributed by atoms with Gasteiger partial charge in [0, 0.05) is 43.4 Å². The third-order valence-electron chi connectivity index (χ3n) is 3.87. The van der Waals surface area contributed by atoms with Crippen LogP contribution < -0.4 is 10.2 Å². The molecule has 1 fully saturated rings. The molecule has 0 radical (unpaired) electrons. The van der Waals surface area contributed by atoms with E-state index in [1.807, 2.05) is 6.07 Å². The quantitative estimate of drug-likeness (QED) is 0.870. The van der Waals surface area contributed by atoms with E-state index in [1.165, 1.54) is 24.2 Å². The van der Waals surface area contributed by atoms with Gasteiger partial charge in [-0.3, -0.25) is 4.90 Å². The predicted molar refractivity (Wildman–Crippen MR) is 87.8 cm³/mol. The molecule has 0 amide bonds. The number of rotatable bonds is 6. The lowest BCUT2D eigenvalue weighted by atomic mass is 10.1. The van der Waals surface area contributed by atoms with E-state index in [1.54, 1.807) is 0 Å². The van der Waals surface area contributed by atoms with Gasteiger partial charge in [0.2, 0.25) is 0 Å². The highest BCUT2D eigenvalue weighted by molar-refractivity contribution is 6.30. The van der Waals surface area contributed by atoms with Crippen LogP contribution in [0.4, 0.5) is 5.69 Å². The van der Waals surface area contributed by atoms with E-state index in [2.05, 4.69) is 41.1 Å². The van der Waals surface area contributed by atoms with Crippen molar-refractivity contribution in [1.82, 2.24) is 10.2 Å². The van der Waals surface area contributed by atoms with Crippen LogP contribution in [0.25, 0.3) is 0 Å². The van der Waals surface area contributed by atoms with Gasteiger partial charge in [-0.15, -0.1) is 0 Å². The Morgan fingerprint density at radius 1 is 1.15 bits per heavy atom. The highest BCUT2D eigenvalue weighted by Crippen LogP contribution is 2.26. The topological polar surface area (TPSA) is 18.5 Å². The minimum atomic E-state index is 0.830. The molecule has 0 atom stereocenters. The van der Waals surface area contributed by atoms with Gasteiger partial charge in [0.15, 0.2) is 0 Å². The maximum absolute atomic E-state index is 6.19. The van der Waals surface area contributed by atoms with Crippen molar-refractivity contribution in [3.63, 3.8) is 0 Å². The molecule has 1 aliphatic rings. The number of benzene rings is 1. The van der Waals surface area contributed by atoms with Crippen molar-refractivity contribution in [2.45, 2.75) is 26.8 Å². The molecule has 1 aromatic carbocycles. The molecule has 1 N–H and O–H groups in total. The van der Waals surface area contributed by atoms with E-state index in [9.17, 15) is 0 Å². The van der Waals surface area contributed by atoms with Gasteiger partial charge in [-0.1, -0.05) is 31.5 Å². The zero-order valence-corrected chi connectivity index (χ0v) is 13.4. The Morgan fingerprint density at radius 3 is 2.55 bits per heavy atom. The van der Waals surface area contributed by atoms with Crippen molar-refractivity contribution < 1.29 is 0 Å². The van der Waals surface area contributed by atoms with Crippen molar-refractivity contribution in [2.75, 3.05) is 44.2 Å². The number of halogens is 1. The Bertz CT molecular complexity index is 414. The van der Waals surface area contributed by atoms with E-state index in [4.69, 9.17) is 11.6 Å². The monoisotopic (exact) mass is 295 g/mol. The Morgan fingerprint density at radius 2 is 1.90 bits per heavy atom. The standard InChI is InChI=1S/C16H26ClN3/c1-3-7-19-8-10-20(11-9-19)16-12-15(17)6-5-14(16)13-18-4-2/h5-6,12,18H,3-4,7-11,13H2,1-2H3. The van der Waals surface area contributed by atoms with Crippen LogP contribution in [0.3, 0.4) is 0 Å². The molecule has 1 heterocycles. The maximum atomic E-state index is 6.19.